The molecule has 152 valence electrons. The first kappa shape index (κ1) is 21.9. The van der Waals surface area contributed by atoms with E-state index < -0.39 is 5.97 Å². The van der Waals surface area contributed by atoms with Crippen LogP contribution in [0, 0.1) is 0 Å². The van der Waals surface area contributed by atoms with Crippen LogP contribution in [0.5, 0.6) is 0 Å². The standard InChI is InChI=1S/C20H26ClN3O4/c1-3-5-9-17-23-19(21)16(13-25)24(17)12-14-7-6-8-15(10-14)20(27)22-11-18(26)28-4-2/h6-8,10,25H,3-5,9,11-13H2,1-2H3,(H,22,27). The molecule has 0 fully saturated rings. The Morgan fingerprint density at radius 1 is 1.32 bits per heavy atom. The molecule has 1 aromatic heterocycles. The molecule has 28 heavy (non-hydrogen) atoms. The van der Waals surface area contributed by atoms with E-state index in [1.807, 2.05) is 10.6 Å². The molecule has 0 bridgehead atoms. The number of amides is 1. The molecule has 2 rings (SSSR count). The van der Waals surface area contributed by atoms with E-state index in [4.69, 9.17) is 16.3 Å². The highest BCUT2D eigenvalue weighted by Gasteiger charge is 2.16. The van der Waals surface area contributed by atoms with Crippen LogP contribution in [-0.4, -0.2) is 39.7 Å². The highest BCUT2D eigenvalue weighted by atomic mass is 35.5. The zero-order chi connectivity index (χ0) is 20.5. The zero-order valence-electron chi connectivity index (χ0n) is 16.2. The van der Waals surface area contributed by atoms with Crippen LogP contribution in [0.4, 0.5) is 0 Å². The molecule has 0 aliphatic rings. The minimum absolute atomic E-state index is 0.177. The topological polar surface area (TPSA) is 93.5 Å². The van der Waals surface area contributed by atoms with Gasteiger partial charge in [0.25, 0.3) is 5.91 Å². The molecule has 2 aromatic rings. The van der Waals surface area contributed by atoms with E-state index in [2.05, 4.69) is 17.2 Å². The van der Waals surface area contributed by atoms with E-state index in [1.54, 1.807) is 25.1 Å². The predicted octanol–water partition coefficient (Wildman–Crippen LogP) is 2.71. The van der Waals surface area contributed by atoms with Crippen LogP contribution < -0.4 is 5.32 Å². The molecule has 0 radical (unpaired) electrons. The summed E-state index contributed by atoms with van der Waals surface area (Å²) in [6.07, 6.45) is 2.75. The summed E-state index contributed by atoms with van der Waals surface area (Å²) in [6, 6.07) is 7.09. The van der Waals surface area contributed by atoms with Gasteiger partial charge in [0, 0.05) is 18.5 Å². The average molecular weight is 408 g/mol. The van der Waals surface area contributed by atoms with Gasteiger partial charge in [-0.1, -0.05) is 37.1 Å². The van der Waals surface area contributed by atoms with Crippen molar-refractivity contribution in [2.24, 2.45) is 0 Å². The summed E-state index contributed by atoms with van der Waals surface area (Å²) in [7, 11) is 0. The SMILES string of the molecule is CCCCc1nc(Cl)c(CO)n1Cc1cccc(C(=O)NCC(=O)OCC)c1. The molecule has 0 aliphatic carbocycles. The Hall–Kier alpha value is -2.38. The van der Waals surface area contributed by atoms with Gasteiger partial charge in [0.05, 0.1) is 18.9 Å². The first-order valence-electron chi connectivity index (χ1n) is 9.37. The summed E-state index contributed by atoms with van der Waals surface area (Å²) in [5, 5.41) is 12.5. The lowest BCUT2D eigenvalue weighted by atomic mass is 10.1. The molecule has 8 heteroatoms. The van der Waals surface area contributed by atoms with E-state index in [1.165, 1.54) is 0 Å². The number of nitrogens with one attached hydrogen (secondary N) is 1. The van der Waals surface area contributed by atoms with Crippen LogP contribution in [0.15, 0.2) is 24.3 Å². The Bertz CT molecular complexity index is 820. The number of carbonyl (C=O) groups excluding carboxylic acids is 2. The number of aliphatic hydroxyl groups excluding tert-OH is 1. The minimum atomic E-state index is -0.479. The Kier molecular flexibility index (Phi) is 8.47. The maximum atomic E-state index is 12.3. The van der Waals surface area contributed by atoms with E-state index in [9.17, 15) is 14.7 Å². The second-order valence-corrected chi connectivity index (χ2v) is 6.66. The lowest BCUT2D eigenvalue weighted by Crippen LogP contribution is -2.30. The number of rotatable bonds is 10. The van der Waals surface area contributed by atoms with E-state index >= 15 is 0 Å². The summed E-state index contributed by atoms with van der Waals surface area (Å²) >= 11 is 6.17. The van der Waals surface area contributed by atoms with E-state index in [0.29, 0.717) is 23.0 Å². The summed E-state index contributed by atoms with van der Waals surface area (Å²) < 4.78 is 6.70. The monoisotopic (exact) mass is 407 g/mol. The van der Waals surface area contributed by atoms with Crippen molar-refractivity contribution in [2.75, 3.05) is 13.2 Å². The van der Waals surface area contributed by atoms with Crippen molar-refractivity contribution in [1.29, 1.82) is 0 Å². The molecule has 7 nitrogen and oxygen atoms in total. The Morgan fingerprint density at radius 3 is 2.79 bits per heavy atom. The molecular weight excluding hydrogens is 382 g/mol. The molecule has 0 saturated heterocycles. The van der Waals surface area contributed by atoms with Gasteiger partial charge in [0.1, 0.15) is 12.4 Å². The van der Waals surface area contributed by atoms with Gasteiger partial charge >= 0.3 is 5.97 Å². The summed E-state index contributed by atoms with van der Waals surface area (Å²) in [4.78, 5) is 28.1. The summed E-state index contributed by atoms with van der Waals surface area (Å²) in [5.74, 6) is -0.0200. The smallest absolute Gasteiger partial charge is 0.325 e. The number of ether oxygens (including phenoxy) is 1. The van der Waals surface area contributed by atoms with E-state index in [0.717, 1.165) is 30.7 Å². The molecule has 0 saturated carbocycles. The maximum Gasteiger partial charge on any atom is 0.325 e. The summed E-state index contributed by atoms with van der Waals surface area (Å²) in [6.45, 7) is 4.13. The highest BCUT2D eigenvalue weighted by molar-refractivity contribution is 6.30. The van der Waals surface area contributed by atoms with Gasteiger partial charge < -0.3 is 19.7 Å². The van der Waals surface area contributed by atoms with Crippen LogP contribution in [0.3, 0.4) is 0 Å². The fourth-order valence-corrected chi connectivity index (χ4v) is 3.09. The van der Waals surface area contributed by atoms with Gasteiger partial charge in [-0.15, -0.1) is 0 Å². The number of halogens is 1. The number of hydrogen-bond donors (Lipinski definition) is 2. The molecule has 1 heterocycles. The third kappa shape index (κ3) is 5.81. The van der Waals surface area contributed by atoms with Gasteiger partial charge in [-0.3, -0.25) is 9.59 Å². The third-order valence-corrected chi connectivity index (χ3v) is 4.54. The largest absolute Gasteiger partial charge is 0.465 e. The van der Waals surface area contributed by atoms with Gasteiger partial charge in [-0.05, 0) is 31.0 Å². The van der Waals surface area contributed by atoms with Crippen molar-refractivity contribution in [2.45, 2.75) is 46.3 Å². The van der Waals surface area contributed by atoms with Gasteiger partial charge in [0.2, 0.25) is 0 Å². The van der Waals surface area contributed by atoms with Crippen molar-refractivity contribution in [3.8, 4) is 0 Å². The molecule has 0 spiro atoms. The minimum Gasteiger partial charge on any atom is -0.465 e. The lowest BCUT2D eigenvalue weighted by Gasteiger charge is -2.12. The number of aliphatic hydroxyl groups is 1. The Morgan fingerprint density at radius 2 is 2.11 bits per heavy atom. The number of imidazole rings is 1. The molecule has 0 atom stereocenters. The third-order valence-electron chi connectivity index (χ3n) is 4.23. The fraction of sp³-hybridized carbons (Fsp3) is 0.450. The van der Waals surface area contributed by atoms with Gasteiger partial charge in [-0.25, -0.2) is 4.98 Å². The van der Waals surface area contributed by atoms with Crippen molar-refractivity contribution >= 4 is 23.5 Å². The van der Waals surface area contributed by atoms with Crippen molar-refractivity contribution in [3.05, 3.63) is 52.1 Å². The van der Waals surface area contributed by atoms with Crippen molar-refractivity contribution in [3.63, 3.8) is 0 Å². The predicted molar refractivity (Wildman–Crippen MR) is 106 cm³/mol. The number of benzene rings is 1. The number of hydrogen-bond acceptors (Lipinski definition) is 5. The molecule has 0 unspecified atom stereocenters. The van der Waals surface area contributed by atoms with E-state index in [-0.39, 0.29) is 25.7 Å². The van der Waals surface area contributed by atoms with Gasteiger partial charge in [0.15, 0.2) is 5.15 Å². The molecule has 0 aliphatic heterocycles. The number of aryl methyl sites for hydroxylation is 1. The Balaban J connectivity index is 2.16. The Labute approximate surface area is 169 Å². The molecule has 1 aromatic carbocycles. The number of aromatic nitrogens is 2. The highest BCUT2D eigenvalue weighted by Crippen LogP contribution is 2.21. The van der Waals surface area contributed by atoms with Crippen molar-refractivity contribution < 1.29 is 19.4 Å². The number of unbranched alkanes of at least 4 members (excludes halogenated alkanes) is 1. The normalized spacial score (nSPS) is 10.7. The summed E-state index contributed by atoms with van der Waals surface area (Å²) in [5.41, 5.74) is 1.86. The molecule has 2 N–H and O–H groups in total. The van der Waals surface area contributed by atoms with Crippen molar-refractivity contribution in [1.82, 2.24) is 14.9 Å². The van der Waals surface area contributed by atoms with Crippen LogP contribution in [0.25, 0.3) is 0 Å². The molecular formula is C20H26ClN3O4. The average Bonchev–Trinajstić information content (AvgIpc) is 2.99. The first-order chi connectivity index (χ1) is 13.5. The fourth-order valence-electron chi connectivity index (χ4n) is 2.83. The second kappa shape index (κ2) is 10.8. The number of nitrogens with zero attached hydrogens (tertiary/aromatic N) is 2. The first-order valence-corrected chi connectivity index (χ1v) is 9.75. The quantitative estimate of drug-likeness (QED) is 0.590. The second-order valence-electron chi connectivity index (χ2n) is 6.30. The van der Waals surface area contributed by atoms with Gasteiger partial charge in [-0.2, -0.15) is 0 Å². The van der Waals surface area contributed by atoms with Crippen LogP contribution in [0.1, 0.15) is 54.1 Å². The number of carbonyl (C=O) groups is 2. The maximum absolute atomic E-state index is 12.3. The lowest BCUT2D eigenvalue weighted by molar-refractivity contribution is -0.141. The zero-order valence-corrected chi connectivity index (χ0v) is 17.0. The number of esters is 1. The molecule has 1 amide bonds. The van der Waals surface area contributed by atoms with Crippen LogP contribution >= 0.6 is 11.6 Å². The van der Waals surface area contributed by atoms with Crippen LogP contribution in [-0.2, 0) is 29.1 Å². The van der Waals surface area contributed by atoms with Crippen LogP contribution in [0.2, 0.25) is 5.15 Å².